The van der Waals surface area contributed by atoms with Crippen molar-refractivity contribution in [1.29, 1.82) is 0 Å². The molecule has 5 nitrogen and oxygen atoms in total. The van der Waals surface area contributed by atoms with E-state index in [4.69, 9.17) is 4.74 Å². The number of amides is 2. The minimum Gasteiger partial charge on any atom is -0.484 e. The van der Waals surface area contributed by atoms with Gasteiger partial charge in [-0.1, -0.05) is 30.3 Å². The first-order chi connectivity index (χ1) is 14.2. The molecule has 2 amide bonds. The second kappa shape index (κ2) is 9.12. The summed E-state index contributed by atoms with van der Waals surface area (Å²) in [6.07, 6.45) is 5.20. The molecule has 152 valence electrons. The Morgan fingerprint density at radius 1 is 0.931 bits per heavy atom. The molecule has 0 spiro atoms. The van der Waals surface area contributed by atoms with Crippen LogP contribution < -0.4 is 10.1 Å². The van der Waals surface area contributed by atoms with Crippen LogP contribution in [0.3, 0.4) is 0 Å². The SMILES string of the molecule is O=C(NC1CC1)c1ccc(CC2CCN(C(=O)COc3ccccc3)CC2)cc1. The lowest BCUT2D eigenvalue weighted by Crippen LogP contribution is -2.41. The van der Waals surface area contributed by atoms with Crippen molar-refractivity contribution >= 4 is 11.8 Å². The van der Waals surface area contributed by atoms with Gasteiger partial charge in [-0.05, 0) is 67.9 Å². The lowest BCUT2D eigenvalue weighted by atomic mass is 9.90. The number of hydrogen-bond acceptors (Lipinski definition) is 3. The van der Waals surface area contributed by atoms with Crippen molar-refractivity contribution < 1.29 is 14.3 Å². The number of rotatable bonds is 7. The largest absolute Gasteiger partial charge is 0.484 e. The molecule has 0 unspecified atom stereocenters. The zero-order chi connectivity index (χ0) is 20.1. The minimum atomic E-state index is 0.0311. The first kappa shape index (κ1) is 19.5. The zero-order valence-corrected chi connectivity index (χ0v) is 16.7. The van der Waals surface area contributed by atoms with Gasteiger partial charge in [-0.3, -0.25) is 9.59 Å². The van der Waals surface area contributed by atoms with Crippen molar-refractivity contribution in [3.63, 3.8) is 0 Å². The quantitative estimate of drug-likeness (QED) is 0.785. The first-order valence-corrected chi connectivity index (χ1v) is 10.5. The number of nitrogens with zero attached hydrogens (tertiary/aromatic N) is 1. The average Bonchev–Trinajstić information content (AvgIpc) is 3.58. The molecule has 1 heterocycles. The number of hydrogen-bond donors (Lipinski definition) is 1. The van der Waals surface area contributed by atoms with Gasteiger partial charge < -0.3 is 15.0 Å². The highest BCUT2D eigenvalue weighted by Gasteiger charge is 2.25. The fraction of sp³-hybridized carbons (Fsp3) is 0.417. The number of ether oxygens (including phenoxy) is 1. The van der Waals surface area contributed by atoms with Crippen LogP contribution in [0.1, 0.15) is 41.6 Å². The minimum absolute atomic E-state index is 0.0311. The fourth-order valence-corrected chi connectivity index (χ4v) is 3.76. The number of nitrogens with one attached hydrogen (secondary N) is 1. The van der Waals surface area contributed by atoms with Crippen molar-refractivity contribution in [3.05, 3.63) is 65.7 Å². The van der Waals surface area contributed by atoms with E-state index in [9.17, 15) is 9.59 Å². The number of benzene rings is 2. The second-order valence-corrected chi connectivity index (χ2v) is 8.07. The van der Waals surface area contributed by atoms with Crippen LogP contribution in [0, 0.1) is 5.92 Å². The van der Waals surface area contributed by atoms with Gasteiger partial charge in [0.05, 0.1) is 0 Å². The Hall–Kier alpha value is -2.82. The summed E-state index contributed by atoms with van der Waals surface area (Å²) in [5, 5.41) is 3.02. The van der Waals surface area contributed by atoms with E-state index in [0.29, 0.717) is 12.0 Å². The molecule has 0 radical (unpaired) electrons. The molecule has 1 saturated carbocycles. The topological polar surface area (TPSA) is 58.6 Å². The Labute approximate surface area is 172 Å². The van der Waals surface area contributed by atoms with E-state index in [1.165, 1.54) is 5.56 Å². The summed E-state index contributed by atoms with van der Waals surface area (Å²) in [5.41, 5.74) is 1.99. The molecule has 0 atom stereocenters. The zero-order valence-electron chi connectivity index (χ0n) is 16.7. The van der Waals surface area contributed by atoms with E-state index in [0.717, 1.165) is 56.5 Å². The Kier molecular flexibility index (Phi) is 6.13. The van der Waals surface area contributed by atoms with Crippen molar-refractivity contribution in [1.82, 2.24) is 10.2 Å². The van der Waals surface area contributed by atoms with Crippen LogP contribution >= 0.6 is 0 Å². The van der Waals surface area contributed by atoms with Crippen molar-refractivity contribution in [2.75, 3.05) is 19.7 Å². The van der Waals surface area contributed by atoms with Gasteiger partial charge in [-0.2, -0.15) is 0 Å². The van der Waals surface area contributed by atoms with Crippen LogP contribution in [0.5, 0.6) is 5.75 Å². The Morgan fingerprint density at radius 2 is 1.62 bits per heavy atom. The molecule has 2 aliphatic rings. The molecular formula is C24H28N2O3. The lowest BCUT2D eigenvalue weighted by molar-refractivity contribution is -0.134. The molecule has 1 aliphatic carbocycles. The van der Waals surface area contributed by atoms with E-state index in [2.05, 4.69) is 17.4 Å². The Morgan fingerprint density at radius 3 is 2.28 bits per heavy atom. The molecule has 1 aliphatic heterocycles. The summed E-state index contributed by atoms with van der Waals surface area (Å²) in [5.74, 6) is 1.38. The normalized spacial score (nSPS) is 17.0. The number of carbonyl (C=O) groups excluding carboxylic acids is 2. The number of carbonyl (C=O) groups is 2. The van der Waals surface area contributed by atoms with Gasteiger partial charge in [0.15, 0.2) is 6.61 Å². The summed E-state index contributed by atoms with van der Waals surface area (Å²) >= 11 is 0. The van der Waals surface area contributed by atoms with Gasteiger partial charge in [-0.15, -0.1) is 0 Å². The maximum absolute atomic E-state index is 12.4. The lowest BCUT2D eigenvalue weighted by Gasteiger charge is -2.32. The van der Waals surface area contributed by atoms with Crippen LogP contribution in [0.4, 0.5) is 0 Å². The van der Waals surface area contributed by atoms with Crippen LogP contribution in [-0.4, -0.2) is 42.5 Å². The van der Waals surface area contributed by atoms with Gasteiger partial charge in [0.2, 0.25) is 0 Å². The van der Waals surface area contributed by atoms with Gasteiger partial charge in [0.1, 0.15) is 5.75 Å². The van der Waals surface area contributed by atoms with E-state index in [1.54, 1.807) is 0 Å². The molecule has 0 bridgehead atoms. The highest BCUT2D eigenvalue weighted by Crippen LogP contribution is 2.23. The monoisotopic (exact) mass is 392 g/mol. The van der Waals surface area contributed by atoms with Gasteiger partial charge in [-0.25, -0.2) is 0 Å². The van der Waals surface area contributed by atoms with E-state index in [-0.39, 0.29) is 18.4 Å². The van der Waals surface area contributed by atoms with Crippen LogP contribution in [0.15, 0.2) is 54.6 Å². The number of piperidine rings is 1. The molecule has 1 N–H and O–H groups in total. The summed E-state index contributed by atoms with van der Waals surface area (Å²) in [7, 11) is 0. The smallest absolute Gasteiger partial charge is 0.260 e. The Balaban J connectivity index is 1.20. The van der Waals surface area contributed by atoms with E-state index in [1.807, 2.05) is 47.4 Å². The third-order valence-electron chi connectivity index (χ3n) is 5.73. The van der Waals surface area contributed by atoms with Crippen LogP contribution in [-0.2, 0) is 11.2 Å². The molecule has 2 fully saturated rings. The Bertz CT molecular complexity index is 823. The predicted octanol–water partition coefficient (Wildman–Crippen LogP) is 3.44. The average molecular weight is 392 g/mol. The molecule has 1 saturated heterocycles. The second-order valence-electron chi connectivity index (χ2n) is 8.07. The maximum Gasteiger partial charge on any atom is 0.260 e. The number of para-hydroxylation sites is 1. The molecule has 0 aromatic heterocycles. The van der Waals surface area contributed by atoms with E-state index < -0.39 is 0 Å². The molecule has 29 heavy (non-hydrogen) atoms. The highest BCUT2D eigenvalue weighted by molar-refractivity contribution is 5.94. The summed E-state index contributed by atoms with van der Waals surface area (Å²) in [6.45, 7) is 1.66. The van der Waals surface area contributed by atoms with Gasteiger partial charge in [0.25, 0.3) is 11.8 Å². The fourth-order valence-electron chi connectivity index (χ4n) is 3.76. The molecular weight excluding hydrogens is 364 g/mol. The summed E-state index contributed by atoms with van der Waals surface area (Å²) in [6, 6.07) is 17.8. The van der Waals surface area contributed by atoms with Gasteiger partial charge in [0, 0.05) is 24.7 Å². The third kappa shape index (κ3) is 5.59. The molecule has 5 heteroatoms. The van der Waals surface area contributed by atoms with Crippen molar-refractivity contribution in [3.8, 4) is 5.75 Å². The standard InChI is InChI=1S/C24H28N2O3/c27-23(17-29-22-4-2-1-3-5-22)26-14-12-19(13-15-26)16-18-6-8-20(9-7-18)24(28)25-21-10-11-21/h1-9,19,21H,10-17H2,(H,25,28). The van der Waals surface area contributed by atoms with Crippen molar-refractivity contribution in [2.45, 2.75) is 38.1 Å². The summed E-state index contributed by atoms with van der Waals surface area (Å²) in [4.78, 5) is 26.4. The molecule has 2 aromatic rings. The number of likely N-dealkylation sites (tertiary alicyclic amines) is 1. The summed E-state index contributed by atoms with van der Waals surface area (Å²) < 4.78 is 5.58. The van der Waals surface area contributed by atoms with Crippen LogP contribution in [0.2, 0.25) is 0 Å². The van der Waals surface area contributed by atoms with Crippen molar-refractivity contribution in [2.24, 2.45) is 5.92 Å². The first-order valence-electron chi connectivity index (χ1n) is 10.5. The van der Waals surface area contributed by atoms with E-state index >= 15 is 0 Å². The van der Waals surface area contributed by atoms with Crippen LogP contribution in [0.25, 0.3) is 0 Å². The highest BCUT2D eigenvalue weighted by atomic mass is 16.5. The molecule has 2 aromatic carbocycles. The maximum atomic E-state index is 12.4. The predicted molar refractivity (Wildman–Crippen MR) is 112 cm³/mol. The third-order valence-corrected chi connectivity index (χ3v) is 5.73. The van der Waals surface area contributed by atoms with Gasteiger partial charge >= 0.3 is 0 Å². The molecule has 4 rings (SSSR count).